The van der Waals surface area contributed by atoms with Gasteiger partial charge in [0.2, 0.25) is 0 Å². The van der Waals surface area contributed by atoms with E-state index in [1.807, 2.05) is 0 Å². The van der Waals surface area contributed by atoms with Gasteiger partial charge in [-0.05, 0) is 24.3 Å². The number of ether oxygens (including phenoxy) is 2. The maximum absolute atomic E-state index is 6.84. The van der Waals surface area contributed by atoms with Crippen LogP contribution in [0.15, 0.2) is 30.3 Å². The van der Waals surface area contributed by atoms with Gasteiger partial charge in [-0.3, -0.25) is 0 Å². The van der Waals surface area contributed by atoms with Crippen molar-refractivity contribution in [1.29, 1.82) is 0 Å². The van der Waals surface area contributed by atoms with Gasteiger partial charge in [-0.15, -0.1) is 0 Å². The SMILES string of the molecule is C[N+](C)(C)C[C@@H]1COC[C@@](c2ccccc2)(C2CCCCC2)O1.[I-]. The molecule has 0 bridgehead atoms. The van der Waals surface area contributed by atoms with Crippen LogP contribution in [0.2, 0.25) is 0 Å². The maximum Gasteiger partial charge on any atom is 0.131 e. The Morgan fingerprint density at radius 3 is 2.33 bits per heavy atom. The first-order valence-corrected chi connectivity index (χ1v) is 9.11. The molecule has 2 aliphatic rings. The molecule has 1 saturated carbocycles. The summed E-state index contributed by atoms with van der Waals surface area (Å²) in [6.45, 7) is 2.41. The van der Waals surface area contributed by atoms with Gasteiger partial charge in [0.1, 0.15) is 18.2 Å². The Bertz CT molecular complexity index is 496. The molecule has 0 N–H and O–H groups in total. The van der Waals surface area contributed by atoms with Crippen molar-refractivity contribution in [2.24, 2.45) is 5.92 Å². The molecular formula is C20H32INO2. The summed E-state index contributed by atoms with van der Waals surface area (Å²) in [6, 6.07) is 10.8. The molecule has 1 aliphatic heterocycles. The maximum atomic E-state index is 6.84. The molecular weight excluding hydrogens is 413 g/mol. The Morgan fingerprint density at radius 1 is 1.04 bits per heavy atom. The summed E-state index contributed by atoms with van der Waals surface area (Å²) in [7, 11) is 6.67. The summed E-state index contributed by atoms with van der Waals surface area (Å²) in [4.78, 5) is 0. The van der Waals surface area contributed by atoms with E-state index < -0.39 is 0 Å². The molecule has 0 radical (unpaired) electrons. The van der Waals surface area contributed by atoms with Gasteiger partial charge in [0.15, 0.2) is 0 Å². The minimum Gasteiger partial charge on any atom is -1.00 e. The molecule has 3 nitrogen and oxygen atoms in total. The zero-order chi connectivity index (χ0) is 16.3. The smallest absolute Gasteiger partial charge is 0.131 e. The topological polar surface area (TPSA) is 18.5 Å². The van der Waals surface area contributed by atoms with Gasteiger partial charge in [0.05, 0.1) is 34.4 Å². The third kappa shape index (κ3) is 4.71. The summed E-state index contributed by atoms with van der Waals surface area (Å²) in [5.41, 5.74) is 1.05. The number of hydrogen-bond donors (Lipinski definition) is 0. The highest BCUT2D eigenvalue weighted by atomic mass is 127. The van der Waals surface area contributed by atoms with Crippen LogP contribution in [0.1, 0.15) is 37.7 Å². The average Bonchev–Trinajstić information content (AvgIpc) is 2.55. The van der Waals surface area contributed by atoms with Crippen LogP contribution in [0.3, 0.4) is 0 Å². The normalized spacial score (nSPS) is 29.0. The zero-order valence-corrected chi connectivity index (χ0v) is 17.5. The summed E-state index contributed by atoms with van der Waals surface area (Å²) < 4.78 is 13.9. The van der Waals surface area contributed by atoms with E-state index in [-0.39, 0.29) is 35.7 Å². The van der Waals surface area contributed by atoms with Crippen LogP contribution in [0.4, 0.5) is 0 Å². The van der Waals surface area contributed by atoms with Crippen molar-refractivity contribution in [3.63, 3.8) is 0 Å². The molecule has 3 rings (SSSR count). The third-order valence-corrected chi connectivity index (χ3v) is 5.28. The number of benzene rings is 1. The molecule has 1 aromatic carbocycles. The van der Waals surface area contributed by atoms with Crippen molar-refractivity contribution in [3.8, 4) is 0 Å². The Balaban J connectivity index is 0.00000208. The third-order valence-electron chi connectivity index (χ3n) is 5.28. The second kappa shape index (κ2) is 8.47. The first kappa shape index (κ1) is 20.1. The Morgan fingerprint density at radius 2 is 1.71 bits per heavy atom. The average molecular weight is 445 g/mol. The molecule has 4 heteroatoms. The van der Waals surface area contributed by atoms with Crippen LogP contribution < -0.4 is 24.0 Å². The van der Waals surface area contributed by atoms with Crippen LogP contribution in [-0.4, -0.2) is 51.5 Å². The summed E-state index contributed by atoms with van der Waals surface area (Å²) >= 11 is 0. The van der Waals surface area contributed by atoms with E-state index in [1.165, 1.54) is 37.7 Å². The first-order chi connectivity index (χ1) is 11.0. The second-order valence-electron chi connectivity index (χ2n) is 8.32. The van der Waals surface area contributed by atoms with Gasteiger partial charge < -0.3 is 37.9 Å². The van der Waals surface area contributed by atoms with Gasteiger partial charge in [-0.2, -0.15) is 0 Å². The Hall–Kier alpha value is -0.170. The molecule has 2 atom stereocenters. The lowest BCUT2D eigenvalue weighted by atomic mass is 9.73. The largest absolute Gasteiger partial charge is 1.00 e. The van der Waals surface area contributed by atoms with Gasteiger partial charge >= 0.3 is 0 Å². The highest BCUT2D eigenvalue weighted by Gasteiger charge is 2.47. The van der Waals surface area contributed by atoms with Crippen molar-refractivity contribution >= 4 is 0 Å². The second-order valence-corrected chi connectivity index (χ2v) is 8.32. The van der Waals surface area contributed by atoms with E-state index in [1.54, 1.807) is 0 Å². The Kier molecular flexibility index (Phi) is 7.11. The van der Waals surface area contributed by atoms with Gasteiger partial charge in [-0.25, -0.2) is 0 Å². The van der Waals surface area contributed by atoms with E-state index in [4.69, 9.17) is 9.47 Å². The van der Waals surface area contributed by atoms with Crippen LogP contribution in [0, 0.1) is 5.92 Å². The first-order valence-electron chi connectivity index (χ1n) is 9.11. The minimum atomic E-state index is -0.250. The molecule has 0 amide bonds. The van der Waals surface area contributed by atoms with E-state index >= 15 is 0 Å². The van der Waals surface area contributed by atoms with E-state index in [9.17, 15) is 0 Å². The quantitative estimate of drug-likeness (QED) is 0.499. The standard InChI is InChI=1S/C20H32NO2.HI/c1-21(2,3)14-19-15-22-16-20(23-19,17-10-6-4-7-11-17)18-12-8-5-9-13-18;/h4,6-7,10-11,18-19H,5,8-9,12-16H2,1-3H3;1H/q+1;/p-1/t19-,20-;/m1./s1. The lowest BCUT2D eigenvalue weighted by Gasteiger charge is -2.48. The summed E-state index contributed by atoms with van der Waals surface area (Å²) in [5.74, 6) is 0.578. The highest BCUT2D eigenvalue weighted by molar-refractivity contribution is 5.25. The van der Waals surface area contributed by atoms with E-state index in [2.05, 4.69) is 51.5 Å². The highest BCUT2D eigenvalue weighted by Crippen LogP contribution is 2.44. The van der Waals surface area contributed by atoms with Crippen molar-refractivity contribution < 1.29 is 37.9 Å². The fourth-order valence-electron chi connectivity index (χ4n) is 4.30. The number of quaternary nitrogens is 1. The summed E-state index contributed by atoms with van der Waals surface area (Å²) in [5, 5.41) is 0. The fraction of sp³-hybridized carbons (Fsp3) is 0.700. The molecule has 1 aromatic rings. The molecule has 136 valence electrons. The van der Waals surface area contributed by atoms with Crippen LogP contribution >= 0.6 is 0 Å². The Labute approximate surface area is 164 Å². The number of nitrogens with zero attached hydrogens (tertiary/aromatic N) is 1. The van der Waals surface area contributed by atoms with Crippen molar-refractivity contribution in [2.45, 2.75) is 43.8 Å². The van der Waals surface area contributed by atoms with Crippen molar-refractivity contribution in [3.05, 3.63) is 35.9 Å². The monoisotopic (exact) mass is 445 g/mol. The van der Waals surface area contributed by atoms with Crippen LogP contribution in [-0.2, 0) is 15.1 Å². The predicted octanol–water partition coefficient (Wildman–Crippen LogP) is 0.588. The molecule has 24 heavy (non-hydrogen) atoms. The fourth-order valence-corrected chi connectivity index (χ4v) is 4.30. The summed E-state index contributed by atoms with van der Waals surface area (Å²) in [6.07, 6.45) is 6.70. The molecule has 0 unspecified atom stereocenters. The molecule has 1 saturated heterocycles. The number of likely N-dealkylation sites (N-methyl/N-ethyl adjacent to an activating group) is 1. The van der Waals surface area contributed by atoms with Gasteiger partial charge in [0, 0.05) is 0 Å². The van der Waals surface area contributed by atoms with Crippen LogP contribution in [0.25, 0.3) is 0 Å². The molecule has 1 heterocycles. The number of hydrogen-bond acceptors (Lipinski definition) is 2. The lowest BCUT2D eigenvalue weighted by molar-refractivity contribution is -0.874. The number of rotatable bonds is 4. The van der Waals surface area contributed by atoms with Crippen molar-refractivity contribution in [2.75, 3.05) is 40.9 Å². The number of halogens is 1. The van der Waals surface area contributed by atoms with Crippen molar-refractivity contribution in [1.82, 2.24) is 0 Å². The van der Waals surface area contributed by atoms with E-state index in [0.717, 1.165) is 17.6 Å². The minimum absolute atomic E-state index is 0. The molecule has 2 fully saturated rings. The van der Waals surface area contributed by atoms with Gasteiger partial charge in [-0.1, -0.05) is 49.6 Å². The van der Waals surface area contributed by atoms with E-state index in [0.29, 0.717) is 12.5 Å². The molecule has 1 aliphatic carbocycles. The zero-order valence-electron chi connectivity index (χ0n) is 15.3. The molecule has 0 spiro atoms. The molecule has 0 aromatic heterocycles. The van der Waals surface area contributed by atoms with Gasteiger partial charge in [0.25, 0.3) is 0 Å². The lowest BCUT2D eigenvalue weighted by Crippen LogP contribution is -3.00. The van der Waals surface area contributed by atoms with Crippen LogP contribution in [0.5, 0.6) is 0 Å². The predicted molar refractivity (Wildman–Crippen MR) is 93.3 cm³/mol.